The van der Waals surface area contributed by atoms with Gasteiger partial charge in [-0.05, 0) is 33.8 Å². The van der Waals surface area contributed by atoms with Crippen molar-refractivity contribution in [2.24, 2.45) is 7.05 Å². The number of fused-ring (bicyclic) bond motifs is 1. The number of para-hydroxylation sites is 1. The van der Waals surface area contributed by atoms with Gasteiger partial charge in [-0.15, -0.1) is 0 Å². The van der Waals surface area contributed by atoms with Gasteiger partial charge in [-0.3, -0.25) is 0 Å². The second-order valence-electron chi connectivity index (χ2n) is 6.75. The summed E-state index contributed by atoms with van der Waals surface area (Å²) in [6.07, 6.45) is 0. The summed E-state index contributed by atoms with van der Waals surface area (Å²) in [4.78, 5) is 7.66. The van der Waals surface area contributed by atoms with Crippen LogP contribution in [0.3, 0.4) is 0 Å². The normalized spacial score (nSPS) is 10.8. The number of hydrogen-bond donors (Lipinski definition) is 0. The molecule has 0 unspecified atom stereocenters. The van der Waals surface area contributed by atoms with Crippen LogP contribution < -0.4 is 14.4 Å². The maximum absolute atomic E-state index is 12.3. The third kappa shape index (κ3) is 4.07. The second kappa shape index (κ2) is 9.80. The lowest BCUT2D eigenvalue weighted by atomic mass is 10.1. The molecule has 0 atom stereocenters. The van der Waals surface area contributed by atoms with Crippen LogP contribution in [0.15, 0.2) is 36.4 Å². The van der Waals surface area contributed by atoms with E-state index in [1.54, 1.807) is 0 Å². The fourth-order valence-electron chi connectivity index (χ4n) is 3.65. The Morgan fingerprint density at radius 3 is 2.27 bits per heavy atom. The van der Waals surface area contributed by atoms with E-state index in [-0.39, 0.29) is 0 Å². The van der Waals surface area contributed by atoms with Crippen molar-refractivity contribution in [1.82, 2.24) is 9.55 Å². The molecule has 30 heavy (non-hydrogen) atoms. The maximum atomic E-state index is 12.3. The molecule has 3 aromatic rings. The minimum Gasteiger partial charge on any atom is -0.490 e. The Hall–Kier alpha value is -2.80. The first-order valence-electron chi connectivity index (χ1n) is 10.4. The van der Waals surface area contributed by atoms with Crippen LogP contribution in [0.2, 0.25) is 0 Å². The van der Waals surface area contributed by atoms with E-state index in [9.17, 15) is 4.21 Å². The molecule has 0 bridgehead atoms. The number of rotatable bonds is 9. The van der Waals surface area contributed by atoms with E-state index in [0.717, 1.165) is 35.4 Å². The Kier molecular flexibility index (Phi) is 7.15. The molecule has 0 N–H and O–H groups in total. The van der Waals surface area contributed by atoms with E-state index in [0.29, 0.717) is 46.7 Å². The smallest absolute Gasteiger partial charge is 0.163 e. The van der Waals surface area contributed by atoms with Gasteiger partial charge >= 0.3 is 0 Å². The highest BCUT2D eigenvalue weighted by molar-refractivity contribution is 7.67. The summed E-state index contributed by atoms with van der Waals surface area (Å²) in [6, 6.07) is 11.8. The van der Waals surface area contributed by atoms with Crippen LogP contribution in [0.5, 0.6) is 11.5 Å². The zero-order chi connectivity index (χ0) is 21.7. The highest BCUT2D eigenvalue weighted by Crippen LogP contribution is 2.33. The minimum atomic E-state index is 0.481. The first-order chi connectivity index (χ1) is 14.6. The molecular weight excluding hydrogens is 398 g/mol. The molecule has 3 rings (SSSR count). The topological polar surface area (TPSA) is 56.6 Å². The standard InChI is InChI=1S/C23H29N3O3S/c1-6-26(7-2)18-13-11-10-12-16(18)22(30-27)23-24-17-14-20(28-8-3)21(29-9-4)15-19(17)25(23)5/h10-15H,6-9H2,1-5H3. The number of anilines is 1. The summed E-state index contributed by atoms with van der Waals surface area (Å²) in [5.41, 5.74) is 3.60. The number of benzene rings is 2. The minimum absolute atomic E-state index is 0.481. The molecule has 0 aliphatic heterocycles. The van der Waals surface area contributed by atoms with Crippen molar-refractivity contribution in [2.45, 2.75) is 27.7 Å². The molecule has 0 amide bonds. The molecule has 0 saturated carbocycles. The lowest BCUT2D eigenvalue weighted by Crippen LogP contribution is -2.25. The van der Waals surface area contributed by atoms with Crippen LogP contribution in [-0.2, 0) is 18.3 Å². The van der Waals surface area contributed by atoms with Crippen LogP contribution >= 0.6 is 0 Å². The number of hydrogen-bond acceptors (Lipinski definition) is 5. The zero-order valence-corrected chi connectivity index (χ0v) is 19.1. The SMILES string of the molecule is CCOc1cc2nc(C(=S=O)c3ccccc3N(CC)CC)n(C)c2cc1OCC. The fraction of sp³-hybridized carbons (Fsp3) is 0.391. The van der Waals surface area contributed by atoms with Crippen LogP contribution in [0.25, 0.3) is 11.0 Å². The Morgan fingerprint density at radius 1 is 1.03 bits per heavy atom. The number of aryl methyl sites for hydroxylation is 1. The summed E-state index contributed by atoms with van der Waals surface area (Å²) in [5, 5.41) is 0. The van der Waals surface area contributed by atoms with Crippen molar-refractivity contribution < 1.29 is 13.7 Å². The van der Waals surface area contributed by atoms with Gasteiger partial charge in [0.05, 0.1) is 24.2 Å². The third-order valence-electron chi connectivity index (χ3n) is 5.09. The molecule has 2 aromatic carbocycles. The van der Waals surface area contributed by atoms with Gasteiger partial charge in [-0.1, -0.05) is 18.2 Å². The van der Waals surface area contributed by atoms with Gasteiger partial charge in [0.25, 0.3) is 0 Å². The fourth-order valence-corrected chi connectivity index (χ4v) is 4.17. The molecule has 0 aliphatic rings. The molecular formula is C23H29N3O3S. The second-order valence-corrected chi connectivity index (χ2v) is 7.32. The molecule has 6 nitrogen and oxygen atoms in total. The lowest BCUT2D eigenvalue weighted by molar-refractivity contribution is 0.288. The highest BCUT2D eigenvalue weighted by atomic mass is 32.1. The Balaban J connectivity index is 2.19. The van der Waals surface area contributed by atoms with Crippen molar-refractivity contribution in [3.8, 4) is 11.5 Å². The molecule has 1 heterocycles. The Labute approximate surface area is 181 Å². The predicted octanol–water partition coefficient (Wildman–Crippen LogP) is 4.00. The Morgan fingerprint density at radius 2 is 1.67 bits per heavy atom. The van der Waals surface area contributed by atoms with E-state index >= 15 is 0 Å². The van der Waals surface area contributed by atoms with Crippen LogP contribution in [0, 0.1) is 0 Å². The Bertz CT molecular complexity index is 1080. The van der Waals surface area contributed by atoms with Gasteiger partial charge in [-0.2, -0.15) is 0 Å². The number of nitrogens with zero attached hydrogens (tertiary/aromatic N) is 3. The van der Waals surface area contributed by atoms with Crippen molar-refractivity contribution >= 4 is 32.8 Å². The average Bonchev–Trinajstić information content (AvgIpc) is 3.07. The average molecular weight is 428 g/mol. The van der Waals surface area contributed by atoms with Crippen LogP contribution in [-0.4, -0.2) is 44.9 Å². The van der Waals surface area contributed by atoms with E-state index in [2.05, 4.69) is 24.8 Å². The van der Waals surface area contributed by atoms with Crippen molar-refractivity contribution in [3.63, 3.8) is 0 Å². The van der Waals surface area contributed by atoms with E-state index in [1.807, 2.05) is 55.8 Å². The summed E-state index contributed by atoms with van der Waals surface area (Å²) in [5.74, 6) is 1.98. The van der Waals surface area contributed by atoms with Gasteiger partial charge in [-0.25, -0.2) is 9.19 Å². The van der Waals surface area contributed by atoms with Crippen LogP contribution in [0.1, 0.15) is 39.1 Å². The molecule has 0 fully saturated rings. The molecule has 0 radical (unpaired) electrons. The lowest BCUT2D eigenvalue weighted by Gasteiger charge is -2.24. The van der Waals surface area contributed by atoms with Crippen molar-refractivity contribution in [3.05, 3.63) is 47.8 Å². The molecule has 0 aliphatic carbocycles. The molecule has 0 saturated heterocycles. The summed E-state index contributed by atoms with van der Waals surface area (Å²) in [6.45, 7) is 10.9. The van der Waals surface area contributed by atoms with Crippen LogP contribution in [0.4, 0.5) is 5.69 Å². The molecule has 1 aromatic heterocycles. The maximum Gasteiger partial charge on any atom is 0.163 e. The van der Waals surface area contributed by atoms with E-state index < -0.39 is 0 Å². The molecule has 0 spiro atoms. The summed E-state index contributed by atoms with van der Waals surface area (Å²) in [7, 11) is 1.93. The van der Waals surface area contributed by atoms with Gasteiger partial charge in [0, 0.05) is 43.5 Å². The van der Waals surface area contributed by atoms with E-state index in [4.69, 9.17) is 14.5 Å². The summed E-state index contributed by atoms with van der Waals surface area (Å²) >= 11 is 0.481. The van der Waals surface area contributed by atoms with Crippen molar-refractivity contribution in [2.75, 3.05) is 31.2 Å². The number of aromatic nitrogens is 2. The van der Waals surface area contributed by atoms with Gasteiger partial charge < -0.3 is 18.9 Å². The van der Waals surface area contributed by atoms with Gasteiger partial charge in [0.2, 0.25) is 0 Å². The molecule has 160 valence electrons. The third-order valence-corrected chi connectivity index (χ3v) is 5.65. The van der Waals surface area contributed by atoms with Gasteiger partial charge in [0.1, 0.15) is 16.1 Å². The zero-order valence-electron chi connectivity index (χ0n) is 18.3. The van der Waals surface area contributed by atoms with Gasteiger partial charge in [0.15, 0.2) is 17.3 Å². The summed E-state index contributed by atoms with van der Waals surface area (Å²) < 4.78 is 25.8. The first-order valence-corrected chi connectivity index (χ1v) is 11.1. The first kappa shape index (κ1) is 21.9. The number of ether oxygens (including phenoxy) is 2. The monoisotopic (exact) mass is 427 g/mol. The highest BCUT2D eigenvalue weighted by Gasteiger charge is 2.21. The largest absolute Gasteiger partial charge is 0.490 e. The van der Waals surface area contributed by atoms with E-state index in [1.165, 1.54) is 0 Å². The number of imidazole rings is 1. The predicted molar refractivity (Wildman–Crippen MR) is 124 cm³/mol. The van der Waals surface area contributed by atoms with Crippen molar-refractivity contribution in [1.29, 1.82) is 0 Å². The molecule has 7 heteroatoms. The quantitative estimate of drug-likeness (QED) is 0.382.